The molecule has 0 bridgehead atoms. The van der Waals surface area contributed by atoms with Crippen molar-refractivity contribution >= 4 is 10.8 Å². The number of hydrogen-bond donors (Lipinski definition) is 1. The van der Waals surface area contributed by atoms with Crippen molar-refractivity contribution in [3.05, 3.63) is 0 Å². The minimum Gasteiger partial charge on any atom is -0.317 e. The largest absolute Gasteiger partial charge is 0.317 e. The molecule has 1 rings (SSSR count). The second-order valence-corrected chi connectivity index (χ2v) is 5.67. The van der Waals surface area contributed by atoms with E-state index < -0.39 is 10.8 Å². The van der Waals surface area contributed by atoms with Crippen molar-refractivity contribution in [3.8, 4) is 0 Å². The van der Waals surface area contributed by atoms with Crippen LogP contribution >= 0.6 is 0 Å². The normalized spacial score (nSPS) is 30.6. The molecule has 13 heavy (non-hydrogen) atoms. The predicted molar refractivity (Wildman–Crippen MR) is 58.4 cm³/mol. The maximum atomic E-state index is 11.3. The fourth-order valence-corrected chi connectivity index (χ4v) is 3.04. The van der Waals surface area contributed by atoms with E-state index in [2.05, 4.69) is 5.32 Å². The van der Waals surface area contributed by atoms with Gasteiger partial charge < -0.3 is 5.32 Å². The summed E-state index contributed by atoms with van der Waals surface area (Å²) in [4.78, 5) is 0. The molecule has 3 unspecified atom stereocenters. The van der Waals surface area contributed by atoms with Crippen LogP contribution in [0.25, 0.3) is 0 Å². The first-order valence-electron chi connectivity index (χ1n) is 5.30. The van der Waals surface area contributed by atoms with Gasteiger partial charge in [-0.2, -0.15) is 0 Å². The average Bonchev–Trinajstić information content (AvgIpc) is 2.61. The van der Waals surface area contributed by atoms with Gasteiger partial charge in [-0.05, 0) is 32.2 Å². The molecule has 0 aromatic rings. The lowest BCUT2D eigenvalue weighted by molar-refractivity contribution is 0.416. The molecule has 1 aliphatic carbocycles. The van der Waals surface area contributed by atoms with Crippen LogP contribution in [-0.4, -0.2) is 28.8 Å². The average molecular weight is 203 g/mol. The van der Waals surface area contributed by atoms with Crippen LogP contribution in [-0.2, 0) is 10.8 Å². The van der Waals surface area contributed by atoms with E-state index in [0.717, 1.165) is 23.8 Å². The minimum absolute atomic E-state index is 0.568. The zero-order chi connectivity index (χ0) is 9.68. The Morgan fingerprint density at radius 2 is 2.23 bits per heavy atom. The van der Waals surface area contributed by atoms with E-state index in [-0.39, 0.29) is 0 Å². The van der Waals surface area contributed by atoms with Gasteiger partial charge in [-0.15, -0.1) is 0 Å². The number of hydrogen-bond acceptors (Lipinski definition) is 2. The number of nitrogens with one attached hydrogen (secondary N) is 1. The zero-order valence-electron chi connectivity index (χ0n) is 8.71. The van der Waals surface area contributed by atoms with Crippen molar-refractivity contribution in [1.82, 2.24) is 5.32 Å². The quantitative estimate of drug-likeness (QED) is 0.734. The summed E-state index contributed by atoms with van der Waals surface area (Å²) in [6.07, 6.45) is 5.12. The minimum atomic E-state index is -0.568. The third kappa shape index (κ3) is 3.39. The fraction of sp³-hybridized carbons (Fsp3) is 1.00. The highest BCUT2D eigenvalue weighted by molar-refractivity contribution is 7.84. The Morgan fingerprint density at radius 1 is 1.46 bits per heavy atom. The van der Waals surface area contributed by atoms with Crippen molar-refractivity contribution in [2.24, 2.45) is 5.92 Å². The van der Waals surface area contributed by atoms with Crippen molar-refractivity contribution in [3.63, 3.8) is 0 Å². The fourth-order valence-electron chi connectivity index (χ4n) is 2.19. The molecule has 0 aromatic carbocycles. The van der Waals surface area contributed by atoms with Crippen molar-refractivity contribution in [2.45, 2.75) is 38.6 Å². The van der Waals surface area contributed by atoms with Crippen LogP contribution in [0.4, 0.5) is 0 Å². The third-order valence-electron chi connectivity index (χ3n) is 3.07. The zero-order valence-corrected chi connectivity index (χ0v) is 9.53. The molecule has 1 saturated carbocycles. The highest BCUT2D eigenvalue weighted by Gasteiger charge is 2.25. The highest BCUT2D eigenvalue weighted by atomic mass is 32.2. The second-order valence-electron chi connectivity index (χ2n) is 3.81. The van der Waals surface area contributed by atoms with E-state index in [1.165, 1.54) is 19.3 Å². The van der Waals surface area contributed by atoms with E-state index in [1.807, 2.05) is 14.0 Å². The summed E-state index contributed by atoms with van der Waals surface area (Å²) < 4.78 is 11.3. The Balaban J connectivity index is 2.23. The van der Waals surface area contributed by atoms with Crippen LogP contribution in [0.2, 0.25) is 0 Å². The smallest absolute Gasteiger partial charge is 0.0237 e. The molecule has 0 radical (unpaired) electrons. The van der Waals surface area contributed by atoms with Gasteiger partial charge in [0.1, 0.15) is 0 Å². The van der Waals surface area contributed by atoms with Gasteiger partial charge in [0.05, 0.1) is 0 Å². The van der Waals surface area contributed by atoms with Crippen molar-refractivity contribution in [2.75, 3.05) is 18.6 Å². The summed E-state index contributed by atoms with van der Waals surface area (Å²) in [5.74, 6) is 2.50. The van der Waals surface area contributed by atoms with Crippen LogP contribution in [0.1, 0.15) is 32.6 Å². The molecular formula is C10H21NOS. The monoisotopic (exact) mass is 203 g/mol. The van der Waals surface area contributed by atoms with Gasteiger partial charge in [-0.1, -0.05) is 13.3 Å². The van der Waals surface area contributed by atoms with Crippen LogP contribution < -0.4 is 5.32 Å². The molecule has 0 spiro atoms. The first kappa shape index (κ1) is 11.2. The molecule has 3 atom stereocenters. The predicted octanol–water partition coefficient (Wildman–Crippen LogP) is 1.53. The molecular weight excluding hydrogens is 182 g/mol. The van der Waals surface area contributed by atoms with Gasteiger partial charge in [0.25, 0.3) is 0 Å². The summed E-state index contributed by atoms with van der Waals surface area (Å²) >= 11 is 0. The topological polar surface area (TPSA) is 29.1 Å². The van der Waals surface area contributed by atoms with Gasteiger partial charge in [0, 0.05) is 28.3 Å². The standard InChI is InChI=1S/C10H21NOS/c1-3-13(12)8-7-9-5-4-6-10(9)11-2/h9-11H,3-8H2,1-2H3. The van der Waals surface area contributed by atoms with Crippen LogP contribution in [0, 0.1) is 5.92 Å². The van der Waals surface area contributed by atoms with Crippen LogP contribution in [0.5, 0.6) is 0 Å². The molecule has 0 amide bonds. The molecule has 0 heterocycles. The lowest BCUT2D eigenvalue weighted by atomic mass is 10.0. The van der Waals surface area contributed by atoms with Crippen LogP contribution in [0.3, 0.4) is 0 Å². The van der Waals surface area contributed by atoms with Gasteiger partial charge >= 0.3 is 0 Å². The molecule has 2 nitrogen and oxygen atoms in total. The van der Waals surface area contributed by atoms with E-state index >= 15 is 0 Å². The first-order valence-corrected chi connectivity index (χ1v) is 6.79. The molecule has 1 aliphatic rings. The Labute approximate surface area is 83.9 Å². The Kier molecular flexibility index (Phi) is 4.96. The molecule has 3 heteroatoms. The highest BCUT2D eigenvalue weighted by Crippen LogP contribution is 2.28. The SMILES string of the molecule is CCS(=O)CCC1CCCC1NC. The Bertz CT molecular complexity index is 172. The summed E-state index contributed by atoms with van der Waals surface area (Å²) in [5, 5.41) is 3.36. The van der Waals surface area contributed by atoms with Gasteiger partial charge in [0.15, 0.2) is 0 Å². The van der Waals surface area contributed by atoms with E-state index in [9.17, 15) is 4.21 Å². The van der Waals surface area contributed by atoms with Gasteiger partial charge in [0.2, 0.25) is 0 Å². The Hall–Kier alpha value is 0.110. The van der Waals surface area contributed by atoms with E-state index in [4.69, 9.17) is 0 Å². The van der Waals surface area contributed by atoms with Crippen molar-refractivity contribution in [1.29, 1.82) is 0 Å². The summed E-state index contributed by atoms with van der Waals surface area (Å²) in [6, 6.07) is 0.689. The second kappa shape index (κ2) is 5.76. The molecule has 0 saturated heterocycles. The maximum Gasteiger partial charge on any atom is 0.0237 e. The Morgan fingerprint density at radius 3 is 2.85 bits per heavy atom. The van der Waals surface area contributed by atoms with Crippen molar-refractivity contribution < 1.29 is 4.21 Å². The third-order valence-corrected chi connectivity index (χ3v) is 4.40. The molecule has 78 valence electrons. The summed E-state index contributed by atoms with van der Waals surface area (Å²) in [6.45, 7) is 2.00. The maximum absolute atomic E-state index is 11.3. The summed E-state index contributed by atoms with van der Waals surface area (Å²) in [7, 11) is 1.47. The molecule has 0 aliphatic heterocycles. The molecule has 0 aromatic heterocycles. The summed E-state index contributed by atoms with van der Waals surface area (Å²) in [5.41, 5.74) is 0. The van der Waals surface area contributed by atoms with E-state index in [0.29, 0.717) is 6.04 Å². The van der Waals surface area contributed by atoms with Gasteiger partial charge in [-0.25, -0.2) is 0 Å². The van der Waals surface area contributed by atoms with E-state index in [1.54, 1.807) is 0 Å². The van der Waals surface area contributed by atoms with Crippen LogP contribution in [0.15, 0.2) is 0 Å². The first-order chi connectivity index (χ1) is 6.27. The number of rotatable bonds is 5. The lowest BCUT2D eigenvalue weighted by Crippen LogP contribution is -2.29. The van der Waals surface area contributed by atoms with Gasteiger partial charge in [-0.3, -0.25) is 4.21 Å². The molecule has 1 fully saturated rings. The lowest BCUT2D eigenvalue weighted by Gasteiger charge is -2.18. The molecule has 1 N–H and O–H groups in total.